The number of nitrogens with one attached hydrogen (secondary N) is 2. The third-order valence-corrected chi connectivity index (χ3v) is 3.15. The maximum atomic E-state index is 4.50. The zero-order valence-electron chi connectivity index (χ0n) is 11.1. The van der Waals surface area contributed by atoms with Crippen molar-refractivity contribution in [3.8, 4) is 0 Å². The van der Waals surface area contributed by atoms with Gasteiger partial charge in [0.25, 0.3) is 0 Å². The predicted molar refractivity (Wildman–Crippen MR) is 75.4 cm³/mol. The molecule has 0 saturated carbocycles. The van der Waals surface area contributed by atoms with Gasteiger partial charge in [-0.15, -0.1) is 0 Å². The molecule has 100 valence electrons. The molecule has 0 spiro atoms. The number of piperazine rings is 1. The van der Waals surface area contributed by atoms with Gasteiger partial charge in [0.05, 0.1) is 0 Å². The van der Waals surface area contributed by atoms with Gasteiger partial charge in [0.1, 0.15) is 0 Å². The van der Waals surface area contributed by atoms with Crippen LogP contribution < -0.4 is 15.5 Å². The van der Waals surface area contributed by atoms with Crippen LogP contribution in [-0.2, 0) is 0 Å². The highest BCUT2D eigenvalue weighted by Gasteiger charge is 2.15. The second kappa shape index (κ2) is 6.19. The molecule has 0 radical (unpaired) electrons. The molecule has 0 atom stereocenters. The van der Waals surface area contributed by atoms with Gasteiger partial charge < -0.3 is 15.5 Å². The van der Waals surface area contributed by atoms with Crippen LogP contribution in [0.25, 0.3) is 0 Å². The first-order valence-electron chi connectivity index (χ1n) is 6.21. The Bertz CT molecular complexity index is 391. The predicted octanol–water partition coefficient (Wildman–Crippen LogP) is 0.823. The Morgan fingerprint density at radius 2 is 1.94 bits per heavy atom. The molecule has 2 N–H and O–H groups in total. The molecule has 1 aromatic rings. The molecule has 18 heavy (non-hydrogen) atoms. The standard InChI is InChI=1S/C11H20N6S/c1-8(2)13-9-14-10(16-11(15-9)18-3)17-6-4-12-5-7-17/h8,12H,4-7H2,1-3H3,(H,13,14,15,16). The average molecular weight is 268 g/mol. The second-order valence-electron chi connectivity index (χ2n) is 4.48. The average Bonchev–Trinajstić information content (AvgIpc) is 2.38. The maximum absolute atomic E-state index is 4.50. The molecule has 1 saturated heterocycles. The zero-order valence-corrected chi connectivity index (χ0v) is 11.9. The molecule has 0 aromatic carbocycles. The van der Waals surface area contributed by atoms with Crippen molar-refractivity contribution in [1.82, 2.24) is 20.3 Å². The summed E-state index contributed by atoms with van der Waals surface area (Å²) in [5.74, 6) is 1.44. The molecular formula is C11H20N6S. The summed E-state index contributed by atoms with van der Waals surface area (Å²) < 4.78 is 0. The Kier molecular flexibility index (Phi) is 4.60. The van der Waals surface area contributed by atoms with Gasteiger partial charge in [-0.2, -0.15) is 15.0 Å². The molecule has 1 aliphatic heterocycles. The van der Waals surface area contributed by atoms with Crippen molar-refractivity contribution in [3.05, 3.63) is 0 Å². The van der Waals surface area contributed by atoms with Crippen LogP contribution in [0.1, 0.15) is 13.8 Å². The van der Waals surface area contributed by atoms with Crippen LogP contribution in [0.3, 0.4) is 0 Å². The fourth-order valence-electron chi connectivity index (χ4n) is 1.77. The molecule has 0 aliphatic carbocycles. The Balaban J connectivity index is 2.22. The normalized spacial score (nSPS) is 16.1. The molecule has 7 heteroatoms. The van der Waals surface area contributed by atoms with E-state index in [0.29, 0.717) is 12.0 Å². The highest BCUT2D eigenvalue weighted by Crippen LogP contribution is 2.17. The number of anilines is 2. The second-order valence-corrected chi connectivity index (χ2v) is 5.26. The van der Waals surface area contributed by atoms with E-state index in [1.807, 2.05) is 6.26 Å². The molecular weight excluding hydrogens is 248 g/mol. The first kappa shape index (κ1) is 13.4. The summed E-state index contributed by atoms with van der Waals surface area (Å²) in [7, 11) is 0. The fraction of sp³-hybridized carbons (Fsp3) is 0.727. The van der Waals surface area contributed by atoms with Crippen LogP contribution in [0.4, 0.5) is 11.9 Å². The summed E-state index contributed by atoms with van der Waals surface area (Å²) in [6.45, 7) is 8.00. The summed E-state index contributed by atoms with van der Waals surface area (Å²) in [4.78, 5) is 15.6. The number of aromatic nitrogens is 3. The molecule has 0 amide bonds. The van der Waals surface area contributed by atoms with E-state index in [2.05, 4.69) is 44.3 Å². The van der Waals surface area contributed by atoms with Crippen LogP contribution in [0.15, 0.2) is 5.16 Å². The number of hydrogen-bond donors (Lipinski definition) is 2. The van der Waals surface area contributed by atoms with Crippen molar-refractivity contribution in [2.24, 2.45) is 0 Å². The minimum absolute atomic E-state index is 0.318. The van der Waals surface area contributed by atoms with Gasteiger partial charge in [-0.05, 0) is 20.1 Å². The fourth-order valence-corrected chi connectivity index (χ4v) is 2.12. The Morgan fingerprint density at radius 1 is 1.22 bits per heavy atom. The van der Waals surface area contributed by atoms with Crippen molar-refractivity contribution in [2.45, 2.75) is 25.0 Å². The molecule has 0 bridgehead atoms. The van der Waals surface area contributed by atoms with Crippen molar-refractivity contribution in [2.75, 3.05) is 42.7 Å². The molecule has 1 aliphatic rings. The van der Waals surface area contributed by atoms with Crippen molar-refractivity contribution < 1.29 is 0 Å². The Morgan fingerprint density at radius 3 is 2.56 bits per heavy atom. The molecule has 1 fully saturated rings. The summed E-state index contributed by atoms with van der Waals surface area (Å²) in [5.41, 5.74) is 0. The van der Waals surface area contributed by atoms with E-state index < -0.39 is 0 Å². The third kappa shape index (κ3) is 3.46. The van der Waals surface area contributed by atoms with Gasteiger partial charge in [-0.1, -0.05) is 11.8 Å². The van der Waals surface area contributed by atoms with Gasteiger partial charge >= 0.3 is 0 Å². The van der Waals surface area contributed by atoms with Crippen LogP contribution in [0, 0.1) is 0 Å². The lowest BCUT2D eigenvalue weighted by Gasteiger charge is -2.27. The number of hydrogen-bond acceptors (Lipinski definition) is 7. The lowest BCUT2D eigenvalue weighted by molar-refractivity contribution is 0.576. The van der Waals surface area contributed by atoms with E-state index in [1.165, 1.54) is 0 Å². The van der Waals surface area contributed by atoms with Gasteiger partial charge in [-0.3, -0.25) is 0 Å². The maximum Gasteiger partial charge on any atom is 0.231 e. The topological polar surface area (TPSA) is 66.0 Å². The summed E-state index contributed by atoms with van der Waals surface area (Å²) in [5, 5.41) is 7.33. The highest BCUT2D eigenvalue weighted by molar-refractivity contribution is 7.98. The van der Waals surface area contributed by atoms with Crippen molar-refractivity contribution >= 4 is 23.7 Å². The summed E-state index contributed by atoms with van der Waals surface area (Å²) in [6.07, 6.45) is 1.98. The van der Waals surface area contributed by atoms with Crippen molar-refractivity contribution in [3.63, 3.8) is 0 Å². The first-order valence-corrected chi connectivity index (χ1v) is 7.44. The molecule has 2 rings (SSSR count). The lowest BCUT2D eigenvalue weighted by atomic mass is 10.4. The van der Waals surface area contributed by atoms with E-state index in [9.17, 15) is 0 Å². The number of nitrogens with zero attached hydrogens (tertiary/aromatic N) is 4. The summed E-state index contributed by atoms with van der Waals surface area (Å²) in [6, 6.07) is 0.318. The molecule has 1 aromatic heterocycles. The Labute approximate surface area is 112 Å². The number of thioether (sulfide) groups is 1. The number of rotatable bonds is 4. The largest absolute Gasteiger partial charge is 0.352 e. The zero-order chi connectivity index (χ0) is 13.0. The lowest BCUT2D eigenvalue weighted by Crippen LogP contribution is -2.44. The molecule has 2 heterocycles. The first-order chi connectivity index (χ1) is 8.69. The SMILES string of the molecule is CSc1nc(NC(C)C)nc(N2CCNCC2)n1. The van der Waals surface area contributed by atoms with E-state index in [0.717, 1.165) is 37.3 Å². The van der Waals surface area contributed by atoms with E-state index >= 15 is 0 Å². The summed E-state index contributed by atoms with van der Waals surface area (Å²) >= 11 is 1.54. The quantitative estimate of drug-likeness (QED) is 0.784. The molecule has 0 unspecified atom stereocenters. The van der Waals surface area contributed by atoms with E-state index in [1.54, 1.807) is 11.8 Å². The minimum atomic E-state index is 0.318. The van der Waals surface area contributed by atoms with E-state index in [4.69, 9.17) is 0 Å². The van der Waals surface area contributed by atoms with Crippen LogP contribution in [-0.4, -0.2) is 53.4 Å². The van der Waals surface area contributed by atoms with Gasteiger partial charge in [0.15, 0.2) is 5.16 Å². The monoisotopic (exact) mass is 268 g/mol. The minimum Gasteiger partial charge on any atom is -0.352 e. The Hall–Kier alpha value is -1.08. The van der Waals surface area contributed by atoms with Crippen LogP contribution in [0.5, 0.6) is 0 Å². The smallest absolute Gasteiger partial charge is 0.231 e. The van der Waals surface area contributed by atoms with Crippen molar-refractivity contribution in [1.29, 1.82) is 0 Å². The highest BCUT2D eigenvalue weighted by atomic mass is 32.2. The van der Waals surface area contributed by atoms with E-state index in [-0.39, 0.29) is 0 Å². The van der Waals surface area contributed by atoms with Gasteiger partial charge in [0, 0.05) is 32.2 Å². The molecule has 6 nitrogen and oxygen atoms in total. The van der Waals surface area contributed by atoms with Crippen LogP contribution in [0.2, 0.25) is 0 Å². The van der Waals surface area contributed by atoms with Gasteiger partial charge in [-0.25, -0.2) is 0 Å². The van der Waals surface area contributed by atoms with Crippen LogP contribution >= 0.6 is 11.8 Å². The van der Waals surface area contributed by atoms with Gasteiger partial charge in [0.2, 0.25) is 11.9 Å². The third-order valence-electron chi connectivity index (χ3n) is 2.60.